The van der Waals surface area contributed by atoms with E-state index in [1.807, 2.05) is 30.1 Å². The van der Waals surface area contributed by atoms with E-state index in [2.05, 4.69) is 46.4 Å². The van der Waals surface area contributed by atoms with Gasteiger partial charge in [0, 0.05) is 43.3 Å². The molecular formula is C27H31N5O. The third kappa shape index (κ3) is 4.14. The number of likely N-dealkylation sites (tertiary alicyclic amines) is 1. The van der Waals surface area contributed by atoms with Crippen molar-refractivity contribution in [2.75, 3.05) is 19.6 Å². The van der Waals surface area contributed by atoms with Crippen LogP contribution in [0, 0.1) is 23.2 Å². The number of carbonyl (C=O) groups is 1. The van der Waals surface area contributed by atoms with E-state index in [0.717, 1.165) is 56.2 Å². The molecule has 0 bridgehead atoms. The van der Waals surface area contributed by atoms with E-state index in [4.69, 9.17) is 5.73 Å². The first-order valence-electron chi connectivity index (χ1n) is 12.0. The third-order valence-corrected chi connectivity index (χ3v) is 7.83. The molecule has 3 aromatic rings. The molecular weight excluding hydrogens is 410 g/mol. The van der Waals surface area contributed by atoms with Crippen LogP contribution in [0.15, 0.2) is 48.7 Å². The second-order valence-electron chi connectivity index (χ2n) is 9.73. The Morgan fingerprint density at radius 1 is 1.06 bits per heavy atom. The van der Waals surface area contributed by atoms with E-state index >= 15 is 0 Å². The number of nitriles is 1. The number of aromatic nitrogens is 2. The van der Waals surface area contributed by atoms with E-state index in [1.54, 1.807) is 0 Å². The number of nitrogens with two attached hydrogens (primary N) is 1. The van der Waals surface area contributed by atoms with Gasteiger partial charge in [-0.1, -0.05) is 18.2 Å². The van der Waals surface area contributed by atoms with E-state index < -0.39 is 0 Å². The van der Waals surface area contributed by atoms with Crippen LogP contribution < -0.4 is 5.73 Å². The van der Waals surface area contributed by atoms with Gasteiger partial charge in [-0.15, -0.1) is 0 Å². The van der Waals surface area contributed by atoms with Crippen molar-refractivity contribution in [2.45, 2.75) is 37.5 Å². The first kappa shape index (κ1) is 21.7. The van der Waals surface area contributed by atoms with Crippen LogP contribution in [0.25, 0.3) is 10.9 Å². The summed E-state index contributed by atoms with van der Waals surface area (Å²) in [5.74, 6) is 1.41. The molecule has 1 amide bonds. The van der Waals surface area contributed by atoms with Crippen molar-refractivity contribution in [3.8, 4) is 6.07 Å². The first-order valence-corrected chi connectivity index (χ1v) is 12.0. The number of amides is 1. The van der Waals surface area contributed by atoms with Gasteiger partial charge < -0.3 is 10.6 Å². The number of rotatable bonds is 4. The Morgan fingerprint density at radius 3 is 2.39 bits per heavy atom. The Balaban J connectivity index is 1.43. The van der Waals surface area contributed by atoms with Crippen LogP contribution in [-0.2, 0) is 11.8 Å². The van der Waals surface area contributed by atoms with Gasteiger partial charge >= 0.3 is 0 Å². The molecule has 0 spiro atoms. The number of hydrogen-bond acceptors (Lipinski definition) is 4. The minimum absolute atomic E-state index is 0.119. The lowest BCUT2D eigenvalue weighted by molar-refractivity contribution is -0.135. The molecule has 1 saturated heterocycles. The summed E-state index contributed by atoms with van der Waals surface area (Å²) in [6.45, 7) is 2.17. The van der Waals surface area contributed by atoms with Crippen molar-refractivity contribution in [3.63, 3.8) is 0 Å². The zero-order valence-electron chi connectivity index (χ0n) is 19.2. The van der Waals surface area contributed by atoms with Gasteiger partial charge in [0.25, 0.3) is 0 Å². The fourth-order valence-corrected chi connectivity index (χ4v) is 5.78. The highest BCUT2D eigenvalue weighted by Crippen LogP contribution is 2.42. The monoisotopic (exact) mass is 441 g/mol. The lowest BCUT2D eigenvalue weighted by atomic mass is 9.81. The fourth-order valence-electron chi connectivity index (χ4n) is 5.78. The average molecular weight is 442 g/mol. The summed E-state index contributed by atoms with van der Waals surface area (Å²) in [4.78, 5) is 15.6. The third-order valence-electron chi connectivity index (χ3n) is 7.83. The Labute approximate surface area is 195 Å². The molecule has 170 valence electrons. The van der Waals surface area contributed by atoms with Gasteiger partial charge in [0.05, 0.1) is 23.3 Å². The van der Waals surface area contributed by atoms with Crippen LogP contribution in [0.3, 0.4) is 0 Å². The Morgan fingerprint density at radius 2 is 1.73 bits per heavy atom. The zero-order valence-corrected chi connectivity index (χ0v) is 19.2. The van der Waals surface area contributed by atoms with E-state index in [1.165, 1.54) is 11.1 Å². The highest BCUT2D eigenvalue weighted by Gasteiger charge is 2.39. The van der Waals surface area contributed by atoms with Gasteiger partial charge in [-0.3, -0.25) is 9.48 Å². The molecule has 0 radical (unpaired) electrons. The quantitative estimate of drug-likeness (QED) is 0.665. The lowest BCUT2D eigenvalue weighted by Gasteiger charge is -2.30. The predicted octanol–water partition coefficient (Wildman–Crippen LogP) is 3.92. The SMILES string of the molecule is Cn1ncc2cc([C@@H]3CN(C(=O)C4CCC(CN)CC4)C[C@H]3c3ccc(C#N)cc3)ccc21. The summed E-state index contributed by atoms with van der Waals surface area (Å²) in [5, 5.41) is 14.7. The molecule has 2 aromatic carbocycles. The second-order valence-corrected chi connectivity index (χ2v) is 9.73. The maximum atomic E-state index is 13.5. The van der Waals surface area contributed by atoms with Crippen molar-refractivity contribution < 1.29 is 4.79 Å². The van der Waals surface area contributed by atoms with E-state index in [-0.39, 0.29) is 17.8 Å². The molecule has 6 nitrogen and oxygen atoms in total. The fraction of sp³-hybridized carbons (Fsp3) is 0.444. The topological polar surface area (TPSA) is 87.9 Å². The summed E-state index contributed by atoms with van der Waals surface area (Å²) in [7, 11) is 1.96. The van der Waals surface area contributed by atoms with Gasteiger partial charge in [-0.2, -0.15) is 10.4 Å². The molecule has 33 heavy (non-hydrogen) atoms. The largest absolute Gasteiger partial charge is 0.341 e. The molecule has 1 saturated carbocycles. The van der Waals surface area contributed by atoms with Crippen LogP contribution in [0.4, 0.5) is 0 Å². The molecule has 2 aliphatic rings. The summed E-state index contributed by atoms with van der Waals surface area (Å²) in [6.07, 6.45) is 5.92. The molecule has 5 rings (SSSR count). The zero-order chi connectivity index (χ0) is 22.9. The number of nitrogens with zero attached hydrogens (tertiary/aromatic N) is 4. The van der Waals surface area contributed by atoms with Gasteiger partial charge in [0.15, 0.2) is 0 Å². The Hall–Kier alpha value is -3.17. The van der Waals surface area contributed by atoms with Crippen LogP contribution >= 0.6 is 0 Å². The maximum absolute atomic E-state index is 13.5. The predicted molar refractivity (Wildman–Crippen MR) is 128 cm³/mol. The van der Waals surface area contributed by atoms with Crippen LogP contribution in [0.2, 0.25) is 0 Å². The second kappa shape index (κ2) is 8.99. The van der Waals surface area contributed by atoms with Gasteiger partial charge in [0.2, 0.25) is 5.91 Å². The Kier molecular flexibility index (Phi) is 5.90. The van der Waals surface area contributed by atoms with Crippen molar-refractivity contribution in [3.05, 3.63) is 65.4 Å². The van der Waals surface area contributed by atoms with E-state index in [0.29, 0.717) is 17.4 Å². The summed E-state index contributed by atoms with van der Waals surface area (Å²) >= 11 is 0. The van der Waals surface area contributed by atoms with Crippen LogP contribution in [-0.4, -0.2) is 40.2 Å². The van der Waals surface area contributed by atoms with Gasteiger partial charge in [0.1, 0.15) is 0 Å². The maximum Gasteiger partial charge on any atom is 0.225 e. The lowest BCUT2D eigenvalue weighted by Crippen LogP contribution is -2.37. The molecule has 1 aromatic heterocycles. The average Bonchev–Trinajstić information content (AvgIpc) is 3.47. The minimum Gasteiger partial charge on any atom is -0.341 e. The number of carbonyl (C=O) groups excluding carboxylic acids is 1. The molecule has 1 aliphatic carbocycles. The van der Waals surface area contributed by atoms with Crippen LogP contribution in [0.5, 0.6) is 0 Å². The summed E-state index contributed by atoms with van der Waals surface area (Å²) in [5.41, 5.74) is 10.1. The molecule has 0 unspecified atom stereocenters. The highest BCUT2D eigenvalue weighted by molar-refractivity contribution is 5.81. The first-order chi connectivity index (χ1) is 16.1. The smallest absolute Gasteiger partial charge is 0.225 e. The summed E-state index contributed by atoms with van der Waals surface area (Å²) in [6, 6.07) is 16.6. The Bertz CT molecular complexity index is 1180. The van der Waals surface area contributed by atoms with Crippen LogP contribution in [0.1, 0.15) is 54.2 Å². The van der Waals surface area contributed by atoms with Crippen molar-refractivity contribution in [1.29, 1.82) is 5.26 Å². The number of fused-ring (bicyclic) bond motifs is 1. The molecule has 2 heterocycles. The molecule has 2 N–H and O–H groups in total. The minimum atomic E-state index is 0.119. The molecule has 2 atom stereocenters. The highest BCUT2D eigenvalue weighted by atomic mass is 16.2. The number of benzene rings is 2. The number of aryl methyl sites for hydroxylation is 1. The number of hydrogen-bond donors (Lipinski definition) is 1. The van der Waals surface area contributed by atoms with E-state index in [9.17, 15) is 10.1 Å². The van der Waals surface area contributed by atoms with Crippen molar-refractivity contribution in [2.24, 2.45) is 24.6 Å². The van der Waals surface area contributed by atoms with Gasteiger partial charge in [-0.25, -0.2) is 0 Å². The van der Waals surface area contributed by atoms with Gasteiger partial charge in [-0.05, 0) is 73.5 Å². The molecule has 2 fully saturated rings. The normalized spacial score (nSPS) is 25.3. The molecule has 1 aliphatic heterocycles. The molecule has 6 heteroatoms. The van der Waals surface area contributed by atoms with Crippen molar-refractivity contribution in [1.82, 2.24) is 14.7 Å². The van der Waals surface area contributed by atoms with Crippen molar-refractivity contribution >= 4 is 16.8 Å². The standard InChI is InChI=1S/C27H31N5O/c1-31-26-11-10-22(12-23(26)15-30-31)25-17-32(27(33)21-8-4-19(14-29)5-9-21)16-24(25)20-6-2-18(13-28)3-7-20/h2-3,6-7,10-12,15,19,21,24-25H,4-5,8-9,14,16-17,29H2,1H3/t19?,21?,24-,25-/m0/s1. The summed E-state index contributed by atoms with van der Waals surface area (Å²) < 4.78 is 1.89.